The number of β-amino-alcohol motifs (C(OH)–C–C–N with tert-alkyl or cyclic N) is 1. The van der Waals surface area contributed by atoms with Gasteiger partial charge in [0.15, 0.2) is 5.43 Å². The number of nitrogens with one attached hydrogen (secondary N) is 1. The molecule has 0 aliphatic carbocycles. The molecule has 6 nitrogen and oxygen atoms in total. The molecular formula is C14H21N3O3. The van der Waals surface area contributed by atoms with Gasteiger partial charge in [0, 0.05) is 37.1 Å². The molecule has 1 aromatic heterocycles. The number of aryl methyl sites for hydroxylation is 1. The summed E-state index contributed by atoms with van der Waals surface area (Å²) in [6.07, 6.45) is 1.49. The van der Waals surface area contributed by atoms with E-state index in [1.807, 2.05) is 19.0 Å². The van der Waals surface area contributed by atoms with Crippen LogP contribution in [-0.4, -0.2) is 65.1 Å². The second-order valence-electron chi connectivity index (χ2n) is 5.66. The minimum Gasteiger partial charge on any atom is -0.391 e. The Labute approximate surface area is 118 Å². The average Bonchev–Trinajstić information content (AvgIpc) is 2.68. The fourth-order valence-corrected chi connectivity index (χ4v) is 2.63. The second kappa shape index (κ2) is 5.76. The van der Waals surface area contributed by atoms with Gasteiger partial charge in [-0.3, -0.25) is 9.59 Å². The summed E-state index contributed by atoms with van der Waals surface area (Å²) in [6, 6.07) is 1.36. The van der Waals surface area contributed by atoms with Crippen molar-refractivity contribution in [1.82, 2.24) is 14.8 Å². The summed E-state index contributed by atoms with van der Waals surface area (Å²) < 4.78 is 0. The number of H-pyrrole nitrogens is 1. The standard InChI is InChI=1S/C14H21N3O3/c1-9-4-13(19)12(6-15-9)14(20)17-8-11(18)5-10(17)7-16(2)3/h4,6,10-11,18H,5,7-8H2,1-3H3,(H,15,19). The van der Waals surface area contributed by atoms with Crippen molar-refractivity contribution >= 4 is 5.91 Å². The van der Waals surface area contributed by atoms with Crippen LogP contribution >= 0.6 is 0 Å². The summed E-state index contributed by atoms with van der Waals surface area (Å²) in [5.41, 5.74) is 0.572. The highest BCUT2D eigenvalue weighted by atomic mass is 16.3. The zero-order chi connectivity index (χ0) is 14.9. The predicted molar refractivity (Wildman–Crippen MR) is 75.8 cm³/mol. The monoisotopic (exact) mass is 279 g/mol. The van der Waals surface area contributed by atoms with Gasteiger partial charge in [0.25, 0.3) is 5.91 Å². The molecule has 110 valence electrons. The largest absolute Gasteiger partial charge is 0.391 e. The molecule has 0 bridgehead atoms. The van der Waals surface area contributed by atoms with Gasteiger partial charge in [-0.1, -0.05) is 0 Å². The average molecular weight is 279 g/mol. The number of likely N-dealkylation sites (N-methyl/N-ethyl adjacent to an activating group) is 1. The van der Waals surface area contributed by atoms with Crippen LogP contribution in [0.5, 0.6) is 0 Å². The summed E-state index contributed by atoms with van der Waals surface area (Å²) in [6.45, 7) is 2.72. The maximum Gasteiger partial charge on any atom is 0.259 e. The molecule has 1 saturated heterocycles. The number of aliphatic hydroxyl groups excluding tert-OH is 1. The van der Waals surface area contributed by atoms with E-state index in [9.17, 15) is 14.7 Å². The third-order valence-corrected chi connectivity index (χ3v) is 3.52. The molecule has 2 N–H and O–H groups in total. The van der Waals surface area contributed by atoms with Crippen molar-refractivity contribution in [2.45, 2.75) is 25.5 Å². The Morgan fingerprint density at radius 2 is 2.25 bits per heavy atom. The number of aromatic amines is 1. The first-order valence-electron chi connectivity index (χ1n) is 6.71. The van der Waals surface area contributed by atoms with E-state index >= 15 is 0 Å². The molecule has 1 amide bonds. The lowest BCUT2D eigenvalue weighted by atomic mass is 10.1. The number of rotatable bonds is 3. The Balaban J connectivity index is 2.24. The first kappa shape index (κ1) is 14.7. The van der Waals surface area contributed by atoms with Gasteiger partial charge in [0.1, 0.15) is 5.56 Å². The SMILES string of the molecule is Cc1cc(=O)c(C(=O)N2CC(O)CC2CN(C)C)c[nH]1. The van der Waals surface area contributed by atoms with Crippen LogP contribution in [0.3, 0.4) is 0 Å². The molecule has 0 saturated carbocycles. The molecule has 2 heterocycles. The van der Waals surface area contributed by atoms with Crippen LogP contribution in [0.2, 0.25) is 0 Å². The van der Waals surface area contributed by atoms with E-state index in [0.717, 1.165) is 5.69 Å². The summed E-state index contributed by atoms with van der Waals surface area (Å²) >= 11 is 0. The molecule has 20 heavy (non-hydrogen) atoms. The predicted octanol–water partition coefficient (Wildman–Crippen LogP) is -0.180. The lowest BCUT2D eigenvalue weighted by Gasteiger charge is -2.26. The van der Waals surface area contributed by atoms with Crippen LogP contribution in [0.1, 0.15) is 22.5 Å². The zero-order valence-electron chi connectivity index (χ0n) is 12.1. The van der Waals surface area contributed by atoms with Gasteiger partial charge < -0.3 is 19.9 Å². The van der Waals surface area contributed by atoms with Gasteiger partial charge in [-0.05, 0) is 27.4 Å². The smallest absolute Gasteiger partial charge is 0.259 e. The van der Waals surface area contributed by atoms with Crippen molar-refractivity contribution < 1.29 is 9.90 Å². The van der Waals surface area contributed by atoms with Crippen LogP contribution in [-0.2, 0) is 0 Å². The van der Waals surface area contributed by atoms with E-state index in [1.165, 1.54) is 12.3 Å². The van der Waals surface area contributed by atoms with Crippen molar-refractivity contribution in [2.24, 2.45) is 0 Å². The Bertz CT molecular complexity index is 553. The van der Waals surface area contributed by atoms with Crippen LogP contribution < -0.4 is 5.43 Å². The maximum absolute atomic E-state index is 12.5. The second-order valence-corrected chi connectivity index (χ2v) is 5.66. The van der Waals surface area contributed by atoms with Crippen LogP contribution in [0.25, 0.3) is 0 Å². The molecular weight excluding hydrogens is 258 g/mol. The van der Waals surface area contributed by atoms with E-state index in [2.05, 4.69) is 4.98 Å². The minimum absolute atomic E-state index is 0.0618. The number of nitrogens with zero attached hydrogens (tertiary/aromatic N) is 2. The Kier molecular flexibility index (Phi) is 4.25. The fraction of sp³-hybridized carbons (Fsp3) is 0.571. The highest BCUT2D eigenvalue weighted by Crippen LogP contribution is 2.20. The number of aliphatic hydroxyl groups is 1. The van der Waals surface area contributed by atoms with Crippen molar-refractivity contribution in [3.05, 3.63) is 33.7 Å². The van der Waals surface area contributed by atoms with E-state index in [1.54, 1.807) is 11.8 Å². The maximum atomic E-state index is 12.5. The topological polar surface area (TPSA) is 76.6 Å². The van der Waals surface area contributed by atoms with Crippen LogP contribution in [0, 0.1) is 6.92 Å². The number of amides is 1. The Hall–Kier alpha value is -1.66. The highest BCUT2D eigenvalue weighted by Gasteiger charge is 2.35. The molecule has 1 aliphatic heterocycles. The van der Waals surface area contributed by atoms with Crippen molar-refractivity contribution in [1.29, 1.82) is 0 Å². The fourth-order valence-electron chi connectivity index (χ4n) is 2.63. The highest BCUT2D eigenvalue weighted by molar-refractivity contribution is 5.94. The van der Waals surface area contributed by atoms with Crippen molar-refractivity contribution in [3.63, 3.8) is 0 Å². The van der Waals surface area contributed by atoms with E-state index < -0.39 is 6.10 Å². The number of aromatic nitrogens is 1. The number of hydrogen-bond donors (Lipinski definition) is 2. The molecule has 2 unspecified atom stereocenters. The number of likely N-dealkylation sites (tertiary alicyclic amines) is 1. The third kappa shape index (κ3) is 3.08. The molecule has 0 aromatic carbocycles. The van der Waals surface area contributed by atoms with Gasteiger partial charge in [0.05, 0.1) is 6.10 Å². The van der Waals surface area contributed by atoms with Gasteiger partial charge in [-0.15, -0.1) is 0 Å². The number of pyridine rings is 1. The number of carbonyl (C=O) groups excluding carboxylic acids is 1. The molecule has 0 spiro atoms. The Morgan fingerprint density at radius 3 is 2.85 bits per heavy atom. The normalized spacial score (nSPS) is 22.6. The first-order chi connectivity index (χ1) is 9.38. The molecule has 0 radical (unpaired) electrons. The number of carbonyl (C=O) groups is 1. The molecule has 1 fully saturated rings. The van der Waals surface area contributed by atoms with Gasteiger partial charge in [-0.25, -0.2) is 0 Å². The molecule has 1 aromatic rings. The minimum atomic E-state index is -0.520. The van der Waals surface area contributed by atoms with Crippen molar-refractivity contribution in [2.75, 3.05) is 27.2 Å². The first-order valence-corrected chi connectivity index (χ1v) is 6.71. The summed E-state index contributed by atoms with van der Waals surface area (Å²) in [5.74, 6) is -0.311. The lowest BCUT2D eigenvalue weighted by molar-refractivity contribution is 0.0697. The van der Waals surface area contributed by atoms with Crippen LogP contribution in [0.15, 0.2) is 17.1 Å². The molecule has 2 rings (SSSR count). The van der Waals surface area contributed by atoms with Gasteiger partial charge in [0.2, 0.25) is 0 Å². The molecule has 6 heteroatoms. The van der Waals surface area contributed by atoms with E-state index in [-0.39, 0.29) is 29.5 Å². The van der Waals surface area contributed by atoms with Crippen LogP contribution in [0.4, 0.5) is 0 Å². The summed E-state index contributed by atoms with van der Waals surface area (Å²) in [4.78, 5) is 30.9. The quantitative estimate of drug-likeness (QED) is 0.805. The molecule has 1 aliphatic rings. The summed E-state index contributed by atoms with van der Waals surface area (Å²) in [7, 11) is 3.85. The van der Waals surface area contributed by atoms with Gasteiger partial charge >= 0.3 is 0 Å². The lowest BCUT2D eigenvalue weighted by Crippen LogP contribution is -2.42. The van der Waals surface area contributed by atoms with E-state index in [4.69, 9.17) is 0 Å². The Morgan fingerprint density at radius 1 is 1.55 bits per heavy atom. The van der Waals surface area contributed by atoms with E-state index in [0.29, 0.717) is 13.0 Å². The zero-order valence-corrected chi connectivity index (χ0v) is 12.1. The number of hydrogen-bond acceptors (Lipinski definition) is 4. The van der Waals surface area contributed by atoms with Crippen molar-refractivity contribution in [3.8, 4) is 0 Å². The van der Waals surface area contributed by atoms with Gasteiger partial charge in [-0.2, -0.15) is 0 Å². The third-order valence-electron chi connectivity index (χ3n) is 3.52. The summed E-state index contributed by atoms with van der Waals surface area (Å²) in [5, 5.41) is 9.79. The molecule has 2 atom stereocenters.